The lowest BCUT2D eigenvalue weighted by molar-refractivity contribution is -0.128. The van der Waals surface area contributed by atoms with Gasteiger partial charge in [0.2, 0.25) is 5.91 Å². The number of nitrogens with zero attached hydrogens (tertiary/aromatic N) is 1. The van der Waals surface area contributed by atoms with Crippen molar-refractivity contribution in [3.8, 4) is 5.75 Å². The Hall–Kier alpha value is -2.83. The number of hydrogen-bond acceptors (Lipinski definition) is 5. The van der Waals surface area contributed by atoms with Crippen molar-refractivity contribution < 1.29 is 23.9 Å². The fraction of sp³-hybridized carbons (Fsp3) is 0.450. The Morgan fingerprint density at radius 3 is 2.37 bits per heavy atom. The number of rotatable bonds is 6. The van der Waals surface area contributed by atoms with Crippen LogP contribution in [0.15, 0.2) is 36.4 Å². The quantitative estimate of drug-likeness (QED) is 0.470. The van der Waals surface area contributed by atoms with Crippen LogP contribution in [0.5, 0.6) is 5.75 Å². The molecule has 0 saturated carbocycles. The van der Waals surface area contributed by atoms with Gasteiger partial charge in [-0.25, -0.2) is 4.79 Å². The third kappa shape index (κ3) is 6.13. The van der Waals surface area contributed by atoms with Crippen LogP contribution in [0.2, 0.25) is 0 Å². The summed E-state index contributed by atoms with van der Waals surface area (Å²) in [5, 5.41) is 2.92. The maximum absolute atomic E-state index is 12.3. The Morgan fingerprint density at radius 2 is 1.81 bits per heavy atom. The Bertz CT molecular complexity index is 691. The molecule has 146 valence electrons. The normalized spacial score (nSPS) is 14.4. The van der Waals surface area contributed by atoms with Gasteiger partial charge in [-0.1, -0.05) is 6.58 Å². The average molecular weight is 374 g/mol. The lowest BCUT2D eigenvalue weighted by Gasteiger charge is -2.32. The molecular weight excluding hydrogens is 348 g/mol. The van der Waals surface area contributed by atoms with Gasteiger partial charge < -0.3 is 19.7 Å². The second-order valence-electron chi connectivity index (χ2n) is 6.54. The van der Waals surface area contributed by atoms with Crippen LogP contribution in [0.25, 0.3) is 0 Å². The van der Waals surface area contributed by atoms with Gasteiger partial charge in [0.1, 0.15) is 5.75 Å². The molecule has 1 aromatic rings. The van der Waals surface area contributed by atoms with Crippen molar-refractivity contribution in [1.82, 2.24) is 10.2 Å². The van der Waals surface area contributed by atoms with E-state index in [4.69, 9.17) is 9.47 Å². The van der Waals surface area contributed by atoms with Crippen molar-refractivity contribution in [2.75, 3.05) is 26.2 Å². The first-order valence-corrected chi connectivity index (χ1v) is 9.08. The highest BCUT2D eigenvalue weighted by Crippen LogP contribution is 2.18. The predicted octanol–water partition coefficient (Wildman–Crippen LogP) is 2.77. The van der Waals surface area contributed by atoms with E-state index in [1.165, 1.54) is 0 Å². The number of amides is 2. The van der Waals surface area contributed by atoms with Crippen molar-refractivity contribution in [2.24, 2.45) is 5.92 Å². The van der Waals surface area contributed by atoms with E-state index >= 15 is 0 Å². The van der Waals surface area contributed by atoms with E-state index in [2.05, 4.69) is 11.9 Å². The van der Waals surface area contributed by atoms with E-state index in [1.54, 1.807) is 38.1 Å². The summed E-state index contributed by atoms with van der Waals surface area (Å²) in [5.41, 5.74) is 1.04. The summed E-state index contributed by atoms with van der Waals surface area (Å²) in [4.78, 5) is 37.2. The number of likely N-dealkylation sites (tertiary alicyclic amines) is 1. The molecule has 0 unspecified atom stereocenters. The summed E-state index contributed by atoms with van der Waals surface area (Å²) >= 11 is 0. The number of carbonyl (C=O) groups is 3. The second-order valence-corrected chi connectivity index (χ2v) is 6.54. The zero-order valence-electron chi connectivity index (χ0n) is 15.8. The van der Waals surface area contributed by atoms with Gasteiger partial charge in [-0.15, -0.1) is 0 Å². The van der Waals surface area contributed by atoms with E-state index in [0.29, 0.717) is 42.4 Å². The van der Waals surface area contributed by atoms with Gasteiger partial charge in [0.05, 0.1) is 6.61 Å². The predicted molar refractivity (Wildman–Crippen MR) is 101 cm³/mol. The van der Waals surface area contributed by atoms with Crippen LogP contribution in [0.3, 0.4) is 0 Å². The van der Waals surface area contributed by atoms with Gasteiger partial charge in [-0.2, -0.15) is 0 Å². The number of nitrogens with one attached hydrogen (secondary N) is 1. The molecule has 1 aliphatic rings. The molecule has 7 nitrogen and oxygen atoms in total. The van der Waals surface area contributed by atoms with Crippen LogP contribution in [0, 0.1) is 5.92 Å². The first kappa shape index (κ1) is 20.5. The monoisotopic (exact) mass is 374 g/mol. The number of hydrogen-bond donors (Lipinski definition) is 1. The average Bonchev–Trinajstić information content (AvgIpc) is 2.66. The lowest BCUT2D eigenvalue weighted by atomic mass is 9.96. The summed E-state index contributed by atoms with van der Waals surface area (Å²) in [6.45, 7) is 9.28. The molecule has 0 aromatic heterocycles. The molecule has 0 aliphatic carbocycles. The summed E-state index contributed by atoms with van der Waals surface area (Å²) in [6.07, 6.45) is 0.934. The van der Waals surface area contributed by atoms with Crippen LogP contribution in [0.1, 0.15) is 37.0 Å². The van der Waals surface area contributed by atoms with Crippen LogP contribution < -0.4 is 10.1 Å². The van der Waals surface area contributed by atoms with Crippen LogP contribution in [-0.4, -0.2) is 49.1 Å². The SMILES string of the molecule is C=C(C)C(=O)N1CCC(CNC(=O)c2ccc(OC(=O)OCC)cc2)CC1. The smallest absolute Gasteiger partial charge is 0.434 e. The maximum Gasteiger partial charge on any atom is 0.513 e. The highest BCUT2D eigenvalue weighted by atomic mass is 16.7. The summed E-state index contributed by atoms with van der Waals surface area (Å²) in [5.74, 6) is 0.481. The van der Waals surface area contributed by atoms with Gasteiger partial charge in [0.15, 0.2) is 0 Å². The molecule has 0 bridgehead atoms. The molecule has 27 heavy (non-hydrogen) atoms. The van der Waals surface area contributed by atoms with E-state index in [-0.39, 0.29) is 18.4 Å². The summed E-state index contributed by atoms with van der Waals surface area (Å²) in [7, 11) is 0. The third-order valence-electron chi connectivity index (χ3n) is 4.40. The van der Waals surface area contributed by atoms with Crippen molar-refractivity contribution in [3.63, 3.8) is 0 Å². The number of ether oxygens (including phenoxy) is 2. The molecule has 0 atom stereocenters. The van der Waals surface area contributed by atoms with Gasteiger partial charge in [-0.05, 0) is 56.9 Å². The Balaban J connectivity index is 1.77. The van der Waals surface area contributed by atoms with Gasteiger partial charge in [-0.3, -0.25) is 9.59 Å². The molecule has 1 aromatic carbocycles. The molecule has 0 radical (unpaired) electrons. The van der Waals surface area contributed by atoms with Crippen LogP contribution in [-0.2, 0) is 9.53 Å². The molecule has 1 saturated heterocycles. The molecule has 1 fully saturated rings. The molecule has 2 rings (SSSR count). The summed E-state index contributed by atoms with van der Waals surface area (Å²) < 4.78 is 9.65. The Morgan fingerprint density at radius 1 is 1.19 bits per heavy atom. The van der Waals surface area contributed by atoms with E-state index in [0.717, 1.165) is 12.8 Å². The molecule has 1 N–H and O–H groups in total. The zero-order chi connectivity index (χ0) is 19.8. The molecular formula is C20H26N2O5. The van der Waals surface area contributed by atoms with Crippen molar-refractivity contribution >= 4 is 18.0 Å². The van der Waals surface area contributed by atoms with Gasteiger partial charge in [0, 0.05) is 30.8 Å². The minimum atomic E-state index is -0.772. The van der Waals surface area contributed by atoms with Crippen molar-refractivity contribution in [2.45, 2.75) is 26.7 Å². The van der Waals surface area contributed by atoms with E-state index in [1.807, 2.05) is 4.90 Å². The second kappa shape index (κ2) is 9.75. The Labute approximate surface area is 159 Å². The highest BCUT2D eigenvalue weighted by Gasteiger charge is 2.23. The fourth-order valence-electron chi connectivity index (χ4n) is 2.87. The number of piperidine rings is 1. The van der Waals surface area contributed by atoms with Crippen LogP contribution >= 0.6 is 0 Å². The zero-order valence-corrected chi connectivity index (χ0v) is 15.8. The van der Waals surface area contributed by atoms with E-state index in [9.17, 15) is 14.4 Å². The molecule has 1 aliphatic heterocycles. The van der Waals surface area contributed by atoms with Crippen molar-refractivity contribution in [3.05, 3.63) is 42.0 Å². The van der Waals surface area contributed by atoms with Gasteiger partial charge >= 0.3 is 6.16 Å². The fourth-order valence-corrected chi connectivity index (χ4v) is 2.87. The Kier molecular flexibility index (Phi) is 7.40. The minimum absolute atomic E-state index is 0.00242. The van der Waals surface area contributed by atoms with Crippen molar-refractivity contribution in [1.29, 1.82) is 0 Å². The summed E-state index contributed by atoms with van der Waals surface area (Å²) in [6, 6.07) is 6.29. The molecule has 1 heterocycles. The maximum atomic E-state index is 12.3. The largest absolute Gasteiger partial charge is 0.513 e. The highest BCUT2D eigenvalue weighted by molar-refractivity contribution is 5.94. The first-order valence-electron chi connectivity index (χ1n) is 9.08. The van der Waals surface area contributed by atoms with E-state index < -0.39 is 6.16 Å². The van der Waals surface area contributed by atoms with Crippen LogP contribution in [0.4, 0.5) is 4.79 Å². The first-order chi connectivity index (χ1) is 12.9. The minimum Gasteiger partial charge on any atom is -0.434 e. The van der Waals surface area contributed by atoms with Gasteiger partial charge in [0.25, 0.3) is 5.91 Å². The topological polar surface area (TPSA) is 84.9 Å². The third-order valence-corrected chi connectivity index (χ3v) is 4.40. The molecule has 0 spiro atoms. The molecule has 2 amide bonds. The molecule has 7 heteroatoms. The standard InChI is InChI=1S/C20H26N2O5/c1-4-26-20(25)27-17-7-5-16(6-8-17)18(23)21-13-15-9-11-22(12-10-15)19(24)14(2)3/h5-8,15H,2,4,9-13H2,1,3H3,(H,21,23). The number of benzene rings is 1. The lowest BCUT2D eigenvalue weighted by Crippen LogP contribution is -2.41. The number of carbonyl (C=O) groups excluding carboxylic acids is 3.